The van der Waals surface area contributed by atoms with Gasteiger partial charge in [-0.25, -0.2) is 8.78 Å². The summed E-state index contributed by atoms with van der Waals surface area (Å²) in [7, 11) is 0. The van der Waals surface area contributed by atoms with Crippen LogP contribution in [-0.2, 0) is 0 Å². The normalized spacial score (nSPS) is 21.9. The SMILES string of the molecule is C[C@@H]1C[C@H](C)CN(CCCNC(=S)Nc2ccc(F)cc2F)C1. The topological polar surface area (TPSA) is 27.3 Å². The third kappa shape index (κ3) is 6.03. The van der Waals surface area contributed by atoms with Crippen LogP contribution < -0.4 is 10.6 Å². The molecule has 2 rings (SSSR count). The Hall–Kier alpha value is -1.27. The summed E-state index contributed by atoms with van der Waals surface area (Å²) in [6.45, 7) is 8.69. The fourth-order valence-corrected chi connectivity index (χ4v) is 3.45. The highest BCUT2D eigenvalue weighted by atomic mass is 32.1. The quantitative estimate of drug-likeness (QED) is 0.632. The van der Waals surface area contributed by atoms with Crippen molar-refractivity contribution in [3.63, 3.8) is 0 Å². The fraction of sp³-hybridized carbons (Fsp3) is 0.588. The van der Waals surface area contributed by atoms with Gasteiger partial charge in [0.05, 0.1) is 5.69 Å². The van der Waals surface area contributed by atoms with Gasteiger partial charge >= 0.3 is 0 Å². The number of benzene rings is 1. The van der Waals surface area contributed by atoms with Crippen molar-refractivity contribution in [2.24, 2.45) is 11.8 Å². The molecule has 0 amide bonds. The van der Waals surface area contributed by atoms with E-state index in [2.05, 4.69) is 29.4 Å². The lowest BCUT2D eigenvalue weighted by molar-refractivity contribution is 0.140. The van der Waals surface area contributed by atoms with Crippen molar-refractivity contribution < 1.29 is 8.78 Å². The number of likely N-dealkylation sites (tertiary alicyclic amines) is 1. The molecule has 2 N–H and O–H groups in total. The van der Waals surface area contributed by atoms with E-state index in [9.17, 15) is 8.78 Å². The second-order valence-corrected chi connectivity index (χ2v) is 6.97. The van der Waals surface area contributed by atoms with E-state index >= 15 is 0 Å². The van der Waals surface area contributed by atoms with Crippen molar-refractivity contribution in [3.05, 3.63) is 29.8 Å². The predicted molar refractivity (Wildman–Crippen MR) is 94.6 cm³/mol. The van der Waals surface area contributed by atoms with Gasteiger partial charge in [0.25, 0.3) is 0 Å². The van der Waals surface area contributed by atoms with E-state index in [1.54, 1.807) is 0 Å². The predicted octanol–water partition coefficient (Wildman–Crippen LogP) is 3.62. The summed E-state index contributed by atoms with van der Waals surface area (Å²) >= 11 is 5.14. The first-order chi connectivity index (χ1) is 10.9. The van der Waals surface area contributed by atoms with Crippen LogP contribution in [0.1, 0.15) is 26.7 Å². The maximum Gasteiger partial charge on any atom is 0.170 e. The number of rotatable bonds is 5. The number of nitrogens with zero attached hydrogens (tertiary/aromatic N) is 1. The summed E-state index contributed by atoms with van der Waals surface area (Å²) in [4.78, 5) is 2.50. The van der Waals surface area contributed by atoms with Crippen LogP contribution >= 0.6 is 12.2 Å². The second-order valence-electron chi connectivity index (χ2n) is 6.56. The van der Waals surface area contributed by atoms with Gasteiger partial charge in [0, 0.05) is 25.7 Å². The highest BCUT2D eigenvalue weighted by Crippen LogP contribution is 2.20. The highest BCUT2D eigenvalue weighted by molar-refractivity contribution is 7.80. The molecule has 2 atom stereocenters. The molecule has 1 heterocycles. The van der Waals surface area contributed by atoms with Gasteiger partial charge in [0.1, 0.15) is 11.6 Å². The molecule has 1 fully saturated rings. The summed E-state index contributed by atoms with van der Waals surface area (Å²) in [5, 5.41) is 6.18. The number of anilines is 1. The molecule has 0 aromatic heterocycles. The molecule has 0 radical (unpaired) electrons. The van der Waals surface area contributed by atoms with Gasteiger partial charge in [-0.1, -0.05) is 13.8 Å². The second kappa shape index (κ2) is 8.55. The van der Waals surface area contributed by atoms with Crippen LogP contribution in [0, 0.1) is 23.5 Å². The molecule has 0 aliphatic carbocycles. The zero-order chi connectivity index (χ0) is 16.8. The van der Waals surface area contributed by atoms with Gasteiger partial charge in [0.2, 0.25) is 0 Å². The molecule has 128 valence electrons. The van der Waals surface area contributed by atoms with Crippen molar-refractivity contribution in [2.45, 2.75) is 26.7 Å². The summed E-state index contributed by atoms with van der Waals surface area (Å²) in [6.07, 6.45) is 2.29. The van der Waals surface area contributed by atoms with Gasteiger partial charge in [-0.2, -0.15) is 0 Å². The standard InChI is InChI=1S/C17H25F2N3S/c1-12-8-13(2)11-22(10-12)7-3-6-20-17(23)21-16-5-4-14(18)9-15(16)19/h4-5,9,12-13H,3,6-8,10-11H2,1-2H3,(H2,20,21,23)/t12-,13+. The minimum atomic E-state index is -0.648. The minimum Gasteiger partial charge on any atom is -0.362 e. The molecule has 0 unspecified atom stereocenters. The first-order valence-corrected chi connectivity index (χ1v) is 8.57. The van der Waals surface area contributed by atoms with Crippen molar-refractivity contribution in [1.29, 1.82) is 0 Å². The third-order valence-electron chi connectivity index (χ3n) is 4.06. The molecule has 0 bridgehead atoms. The molecular weight excluding hydrogens is 316 g/mol. The zero-order valence-corrected chi connectivity index (χ0v) is 14.6. The average Bonchev–Trinajstić information content (AvgIpc) is 2.46. The van der Waals surface area contributed by atoms with Crippen molar-refractivity contribution >= 4 is 23.0 Å². The molecule has 1 aromatic rings. The van der Waals surface area contributed by atoms with E-state index in [1.807, 2.05) is 0 Å². The van der Waals surface area contributed by atoms with Crippen LogP contribution in [0.15, 0.2) is 18.2 Å². The largest absolute Gasteiger partial charge is 0.362 e. The summed E-state index contributed by atoms with van der Waals surface area (Å²) < 4.78 is 26.4. The molecule has 0 spiro atoms. The van der Waals surface area contributed by atoms with Gasteiger partial charge in [-0.05, 0) is 55.6 Å². The summed E-state index contributed by atoms with van der Waals surface area (Å²) in [5.41, 5.74) is 0.183. The Balaban J connectivity index is 1.67. The first kappa shape index (κ1) is 18.1. The van der Waals surface area contributed by atoms with Gasteiger partial charge in [-0.15, -0.1) is 0 Å². The van der Waals surface area contributed by atoms with Gasteiger partial charge in [0.15, 0.2) is 5.11 Å². The molecule has 0 saturated carbocycles. The van der Waals surface area contributed by atoms with E-state index in [4.69, 9.17) is 12.2 Å². The minimum absolute atomic E-state index is 0.183. The van der Waals surface area contributed by atoms with Crippen LogP contribution in [0.2, 0.25) is 0 Å². The van der Waals surface area contributed by atoms with E-state index in [-0.39, 0.29) is 5.69 Å². The maximum absolute atomic E-state index is 13.5. The monoisotopic (exact) mass is 341 g/mol. The lowest BCUT2D eigenvalue weighted by atomic mass is 9.92. The Labute approximate surface area is 142 Å². The van der Waals surface area contributed by atoms with Crippen LogP contribution in [0.25, 0.3) is 0 Å². The number of hydrogen-bond acceptors (Lipinski definition) is 2. The maximum atomic E-state index is 13.5. The zero-order valence-electron chi connectivity index (χ0n) is 13.7. The molecule has 6 heteroatoms. The molecule has 1 aliphatic rings. The van der Waals surface area contributed by atoms with Crippen LogP contribution in [0.3, 0.4) is 0 Å². The molecule has 1 aliphatic heterocycles. The summed E-state index contributed by atoms with van der Waals surface area (Å²) in [6, 6.07) is 3.38. The molecule has 1 aromatic carbocycles. The Morgan fingerprint density at radius 3 is 2.61 bits per heavy atom. The number of nitrogens with one attached hydrogen (secondary N) is 2. The lowest BCUT2D eigenvalue weighted by Gasteiger charge is -2.34. The van der Waals surface area contributed by atoms with Crippen molar-refractivity contribution in [2.75, 3.05) is 31.5 Å². The van der Waals surface area contributed by atoms with Crippen molar-refractivity contribution in [1.82, 2.24) is 10.2 Å². The number of hydrogen-bond donors (Lipinski definition) is 2. The number of thiocarbonyl (C=S) groups is 1. The Kier molecular flexibility index (Phi) is 6.72. The summed E-state index contributed by atoms with van der Waals surface area (Å²) in [5.74, 6) is 0.272. The van der Waals surface area contributed by atoms with E-state index < -0.39 is 11.6 Å². The Morgan fingerprint density at radius 2 is 1.96 bits per heavy atom. The van der Waals surface area contributed by atoms with E-state index in [1.165, 1.54) is 18.6 Å². The highest BCUT2D eigenvalue weighted by Gasteiger charge is 2.20. The average molecular weight is 341 g/mol. The van der Waals surface area contributed by atoms with Gasteiger partial charge < -0.3 is 15.5 Å². The fourth-order valence-electron chi connectivity index (χ4n) is 3.24. The van der Waals surface area contributed by atoms with Crippen LogP contribution in [0.5, 0.6) is 0 Å². The van der Waals surface area contributed by atoms with E-state index in [0.717, 1.165) is 50.5 Å². The van der Waals surface area contributed by atoms with Crippen molar-refractivity contribution in [3.8, 4) is 0 Å². The molecule has 3 nitrogen and oxygen atoms in total. The van der Waals surface area contributed by atoms with Gasteiger partial charge in [-0.3, -0.25) is 0 Å². The van der Waals surface area contributed by atoms with Crippen LogP contribution in [-0.4, -0.2) is 36.2 Å². The molecular formula is C17H25F2N3S. The lowest BCUT2D eigenvalue weighted by Crippen LogP contribution is -2.40. The van der Waals surface area contributed by atoms with E-state index in [0.29, 0.717) is 5.11 Å². The Bertz CT molecular complexity index is 529. The first-order valence-electron chi connectivity index (χ1n) is 8.16. The van der Waals surface area contributed by atoms with Crippen LogP contribution in [0.4, 0.5) is 14.5 Å². The smallest absolute Gasteiger partial charge is 0.170 e. The number of piperidine rings is 1. The Morgan fingerprint density at radius 1 is 1.26 bits per heavy atom. The molecule has 1 saturated heterocycles. The molecule has 23 heavy (non-hydrogen) atoms. The number of halogens is 2. The third-order valence-corrected chi connectivity index (χ3v) is 4.31.